The average Bonchev–Trinajstić information content (AvgIpc) is 2.59. The summed E-state index contributed by atoms with van der Waals surface area (Å²) < 4.78 is 18.8. The maximum atomic E-state index is 13.9. The van der Waals surface area contributed by atoms with Crippen molar-refractivity contribution >= 4 is 28.1 Å². The number of carbonyl (C=O) groups is 1. The first-order valence-electron chi connectivity index (χ1n) is 7.41. The van der Waals surface area contributed by atoms with Crippen molar-refractivity contribution in [3.05, 3.63) is 66.0 Å². The molecule has 0 heterocycles. The van der Waals surface area contributed by atoms with Crippen LogP contribution in [0.3, 0.4) is 0 Å². The molecule has 0 aliphatic carbocycles. The van der Waals surface area contributed by atoms with E-state index in [0.717, 1.165) is 10.8 Å². The van der Waals surface area contributed by atoms with Crippen molar-refractivity contribution in [1.82, 2.24) is 0 Å². The summed E-state index contributed by atoms with van der Waals surface area (Å²) in [7, 11) is 2.97. The van der Waals surface area contributed by atoms with E-state index in [4.69, 9.17) is 10.5 Å². The van der Waals surface area contributed by atoms with Gasteiger partial charge in [-0.2, -0.15) is 0 Å². The summed E-state index contributed by atoms with van der Waals surface area (Å²) in [5.41, 5.74) is 7.23. The molecule has 1 amide bonds. The Balaban J connectivity index is 1.99. The molecule has 3 aromatic carbocycles. The van der Waals surface area contributed by atoms with Crippen LogP contribution in [0, 0.1) is 5.82 Å². The molecule has 3 aromatic rings. The number of fused-ring (bicyclic) bond motifs is 1. The van der Waals surface area contributed by atoms with E-state index in [1.807, 2.05) is 24.3 Å². The van der Waals surface area contributed by atoms with Crippen LogP contribution < -0.4 is 15.4 Å². The van der Waals surface area contributed by atoms with Crippen molar-refractivity contribution in [1.29, 1.82) is 0 Å². The van der Waals surface area contributed by atoms with Gasteiger partial charge >= 0.3 is 0 Å². The van der Waals surface area contributed by atoms with Crippen molar-refractivity contribution in [3.8, 4) is 5.75 Å². The first-order valence-corrected chi connectivity index (χ1v) is 7.41. The van der Waals surface area contributed by atoms with Crippen LogP contribution in [0.1, 0.15) is 10.4 Å². The lowest BCUT2D eigenvalue weighted by Gasteiger charge is -2.19. The summed E-state index contributed by atoms with van der Waals surface area (Å²) in [6.07, 6.45) is 0. The molecule has 5 heteroatoms. The third kappa shape index (κ3) is 2.76. The molecule has 0 aromatic heterocycles. The van der Waals surface area contributed by atoms with Gasteiger partial charge in [0.1, 0.15) is 0 Å². The van der Waals surface area contributed by atoms with Crippen molar-refractivity contribution in [2.24, 2.45) is 0 Å². The normalized spacial score (nSPS) is 10.6. The van der Waals surface area contributed by atoms with E-state index < -0.39 is 5.82 Å². The van der Waals surface area contributed by atoms with Gasteiger partial charge in [0.2, 0.25) is 0 Å². The molecule has 122 valence electrons. The number of benzene rings is 3. The van der Waals surface area contributed by atoms with E-state index in [1.165, 1.54) is 24.1 Å². The molecule has 3 rings (SSSR count). The first-order chi connectivity index (χ1) is 11.5. The zero-order valence-corrected chi connectivity index (χ0v) is 13.4. The number of amides is 1. The molecule has 0 aliphatic heterocycles. The molecule has 24 heavy (non-hydrogen) atoms. The second kappa shape index (κ2) is 6.20. The van der Waals surface area contributed by atoms with Crippen LogP contribution in [-0.2, 0) is 0 Å². The van der Waals surface area contributed by atoms with Gasteiger partial charge in [-0.15, -0.1) is 0 Å². The molecule has 0 unspecified atom stereocenters. The van der Waals surface area contributed by atoms with Crippen molar-refractivity contribution < 1.29 is 13.9 Å². The Kier molecular flexibility index (Phi) is 4.08. The Morgan fingerprint density at radius 3 is 2.38 bits per heavy atom. The number of rotatable bonds is 3. The van der Waals surface area contributed by atoms with E-state index in [0.29, 0.717) is 16.9 Å². The van der Waals surface area contributed by atoms with Crippen LogP contribution in [0.15, 0.2) is 54.6 Å². The third-order valence-corrected chi connectivity index (χ3v) is 3.98. The predicted octanol–water partition coefficient (Wildman–Crippen LogP) is 3.85. The van der Waals surface area contributed by atoms with Crippen LogP contribution >= 0.6 is 0 Å². The van der Waals surface area contributed by atoms with Gasteiger partial charge in [0.05, 0.1) is 12.7 Å². The lowest BCUT2D eigenvalue weighted by atomic mass is 10.0. The van der Waals surface area contributed by atoms with Gasteiger partial charge in [-0.1, -0.05) is 24.3 Å². The van der Waals surface area contributed by atoms with Gasteiger partial charge in [0.15, 0.2) is 11.6 Å². The monoisotopic (exact) mass is 324 g/mol. The van der Waals surface area contributed by atoms with Crippen molar-refractivity contribution in [2.45, 2.75) is 0 Å². The molecule has 0 atom stereocenters. The Hall–Kier alpha value is -3.08. The highest BCUT2D eigenvalue weighted by atomic mass is 19.1. The molecular weight excluding hydrogens is 307 g/mol. The van der Waals surface area contributed by atoms with Crippen molar-refractivity contribution in [2.75, 3.05) is 24.8 Å². The highest BCUT2D eigenvalue weighted by Crippen LogP contribution is 2.27. The number of anilines is 2. The van der Waals surface area contributed by atoms with E-state index >= 15 is 0 Å². The van der Waals surface area contributed by atoms with Crippen LogP contribution in [0.4, 0.5) is 15.8 Å². The van der Waals surface area contributed by atoms with E-state index in [9.17, 15) is 9.18 Å². The van der Waals surface area contributed by atoms with Gasteiger partial charge in [0.25, 0.3) is 5.91 Å². The molecule has 0 aliphatic rings. The fourth-order valence-electron chi connectivity index (χ4n) is 2.60. The fourth-order valence-corrected chi connectivity index (χ4v) is 2.60. The quantitative estimate of drug-likeness (QED) is 0.745. The molecular formula is C19H17FN2O2. The summed E-state index contributed by atoms with van der Waals surface area (Å²) >= 11 is 0. The third-order valence-electron chi connectivity index (χ3n) is 3.98. The molecule has 0 bridgehead atoms. The maximum absolute atomic E-state index is 13.9. The highest BCUT2D eigenvalue weighted by molar-refractivity contribution is 6.11. The second-order valence-electron chi connectivity index (χ2n) is 5.47. The largest absolute Gasteiger partial charge is 0.494 e. The molecule has 0 saturated heterocycles. The molecule has 0 saturated carbocycles. The second-order valence-corrected chi connectivity index (χ2v) is 5.47. The number of hydrogen-bond acceptors (Lipinski definition) is 3. The minimum atomic E-state index is -0.527. The summed E-state index contributed by atoms with van der Waals surface area (Å²) in [6, 6.07) is 15.5. The van der Waals surface area contributed by atoms with Crippen molar-refractivity contribution in [3.63, 3.8) is 0 Å². The topological polar surface area (TPSA) is 55.6 Å². The molecule has 4 nitrogen and oxygen atoms in total. The predicted molar refractivity (Wildman–Crippen MR) is 94.0 cm³/mol. The summed E-state index contributed by atoms with van der Waals surface area (Å²) in [5.74, 6) is -0.700. The molecule has 0 radical (unpaired) electrons. The van der Waals surface area contributed by atoms with Crippen LogP contribution in [-0.4, -0.2) is 20.1 Å². The highest BCUT2D eigenvalue weighted by Gasteiger charge is 2.18. The summed E-state index contributed by atoms with van der Waals surface area (Å²) in [5, 5.41) is 1.88. The number of nitrogens with zero attached hydrogens (tertiary/aromatic N) is 1. The molecule has 0 fully saturated rings. The smallest absolute Gasteiger partial charge is 0.260 e. The number of hydrogen-bond donors (Lipinski definition) is 1. The number of nitrogens with two attached hydrogens (primary N) is 1. The van der Waals surface area contributed by atoms with Crippen LogP contribution in [0.25, 0.3) is 10.8 Å². The molecule has 0 spiro atoms. The van der Waals surface area contributed by atoms with Gasteiger partial charge in [-0.3, -0.25) is 4.79 Å². The fraction of sp³-hybridized carbons (Fsp3) is 0.105. The Morgan fingerprint density at radius 1 is 1.08 bits per heavy atom. The number of halogens is 1. The Bertz CT molecular complexity index is 924. The van der Waals surface area contributed by atoms with Gasteiger partial charge in [-0.05, 0) is 35.0 Å². The summed E-state index contributed by atoms with van der Waals surface area (Å²) in [6.45, 7) is 0. The Labute approximate surface area is 139 Å². The zero-order chi connectivity index (χ0) is 17.3. The SMILES string of the molecule is COc1ccc(N(C)C(=O)c2cc3ccccc3cc2N)cc1F. The molecule has 2 N–H and O–H groups in total. The minimum Gasteiger partial charge on any atom is -0.494 e. The van der Waals surface area contributed by atoms with Crippen LogP contribution in [0.5, 0.6) is 5.75 Å². The number of ether oxygens (including phenoxy) is 1. The zero-order valence-electron chi connectivity index (χ0n) is 13.4. The lowest BCUT2D eigenvalue weighted by molar-refractivity contribution is 0.0994. The van der Waals surface area contributed by atoms with E-state index in [1.54, 1.807) is 25.2 Å². The lowest BCUT2D eigenvalue weighted by Crippen LogP contribution is -2.27. The number of methoxy groups -OCH3 is 1. The van der Waals surface area contributed by atoms with Gasteiger partial charge < -0.3 is 15.4 Å². The minimum absolute atomic E-state index is 0.129. The van der Waals surface area contributed by atoms with Gasteiger partial charge in [-0.25, -0.2) is 4.39 Å². The average molecular weight is 324 g/mol. The first kappa shape index (κ1) is 15.8. The van der Waals surface area contributed by atoms with Gasteiger partial charge in [0, 0.05) is 24.5 Å². The van der Waals surface area contributed by atoms with Crippen LogP contribution in [0.2, 0.25) is 0 Å². The standard InChI is InChI=1S/C19H17FN2O2/c1-22(14-7-8-18(24-2)16(20)11-14)19(23)15-9-12-5-3-4-6-13(12)10-17(15)21/h3-11H,21H2,1-2H3. The number of carbonyl (C=O) groups excluding carboxylic acids is 1. The van der Waals surface area contributed by atoms with E-state index in [-0.39, 0.29) is 11.7 Å². The maximum Gasteiger partial charge on any atom is 0.260 e. The summed E-state index contributed by atoms with van der Waals surface area (Å²) in [4.78, 5) is 14.1. The van der Waals surface area contributed by atoms with E-state index in [2.05, 4.69) is 0 Å². The number of nitrogen functional groups attached to an aromatic ring is 1. The Morgan fingerprint density at radius 2 is 1.75 bits per heavy atom.